The first-order valence-electron chi connectivity index (χ1n) is 5.57. The number of carbonyl (C=O) groups excluding carboxylic acids is 1. The van der Waals surface area contributed by atoms with Crippen LogP contribution in [0.15, 0.2) is 0 Å². The maximum absolute atomic E-state index is 11.2. The Morgan fingerprint density at radius 3 is 2.64 bits per heavy atom. The predicted molar refractivity (Wildman–Crippen MR) is 58.3 cm³/mol. The predicted octanol–water partition coefficient (Wildman–Crippen LogP) is 2.11. The van der Waals surface area contributed by atoms with Gasteiger partial charge in [-0.05, 0) is 12.8 Å². The lowest BCUT2D eigenvalue weighted by molar-refractivity contribution is -0.121. The van der Waals surface area contributed by atoms with Crippen LogP contribution in [0.3, 0.4) is 0 Å². The maximum atomic E-state index is 11.2. The van der Waals surface area contributed by atoms with Crippen molar-refractivity contribution in [3.05, 3.63) is 0 Å². The smallest absolute Gasteiger partial charge is 0.219 e. The molecule has 0 aromatic carbocycles. The zero-order valence-electron chi connectivity index (χ0n) is 9.47. The summed E-state index contributed by atoms with van der Waals surface area (Å²) in [5.74, 6) is 0.178. The Morgan fingerprint density at radius 2 is 2.00 bits per heavy atom. The maximum Gasteiger partial charge on any atom is 0.219 e. The molecule has 0 rings (SSSR count). The van der Waals surface area contributed by atoms with E-state index in [0.29, 0.717) is 6.42 Å². The molecule has 0 aromatic rings. The Bertz CT molecular complexity index is 123. The third-order valence-electron chi connectivity index (χ3n) is 2.10. The molecule has 1 amide bonds. The van der Waals surface area contributed by atoms with Gasteiger partial charge in [-0.15, -0.1) is 0 Å². The first-order chi connectivity index (χ1) is 6.81. The van der Waals surface area contributed by atoms with Gasteiger partial charge in [-0.2, -0.15) is 0 Å². The second-order valence-corrected chi connectivity index (χ2v) is 3.51. The Hall–Kier alpha value is -0.570. The van der Waals surface area contributed by atoms with Gasteiger partial charge in [0, 0.05) is 26.7 Å². The van der Waals surface area contributed by atoms with Crippen LogP contribution in [0.25, 0.3) is 0 Å². The molecule has 14 heavy (non-hydrogen) atoms. The van der Waals surface area contributed by atoms with Crippen LogP contribution < -0.4 is 5.32 Å². The summed E-state index contributed by atoms with van der Waals surface area (Å²) in [6, 6.07) is 0. The summed E-state index contributed by atoms with van der Waals surface area (Å²) < 4.78 is 4.89. The summed E-state index contributed by atoms with van der Waals surface area (Å²) in [4.78, 5) is 11.2. The molecular formula is C11H23NO2. The molecule has 0 saturated carbocycles. The third kappa shape index (κ3) is 9.52. The number of hydrogen-bond donors (Lipinski definition) is 1. The SMILES string of the molecule is CCCCCCC(=O)NCCCOC. The lowest BCUT2D eigenvalue weighted by Crippen LogP contribution is -2.24. The zero-order valence-corrected chi connectivity index (χ0v) is 9.47. The third-order valence-corrected chi connectivity index (χ3v) is 2.10. The minimum atomic E-state index is 0.178. The summed E-state index contributed by atoms with van der Waals surface area (Å²) in [5.41, 5.74) is 0. The lowest BCUT2D eigenvalue weighted by atomic mass is 10.1. The summed E-state index contributed by atoms with van der Waals surface area (Å²) in [6.07, 6.45) is 6.21. The van der Waals surface area contributed by atoms with E-state index in [1.807, 2.05) is 0 Å². The van der Waals surface area contributed by atoms with Gasteiger partial charge >= 0.3 is 0 Å². The number of ether oxygens (including phenoxy) is 1. The molecule has 84 valence electrons. The largest absolute Gasteiger partial charge is 0.385 e. The van der Waals surface area contributed by atoms with Crippen molar-refractivity contribution in [2.24, 2.45) is 0 Å². The van der Waals surface area contributed by atoms with Gasteiger partial charge in [0.25, 0.3) is 0 Å². The van der Waals surface area contributed by atoms with E-state index in [-0.39, 0.29) is 5.91 Å². The summed E-state index contributed by atoms with van der Waals surface area (Å²) >= 11 is 0. The molecule has 1 N–H and O–H groups in total. The fourth-order valence-electron chi connectivity index (χ4n) is 1.25. The average molecular weight is 201 g/mol. The van der Waals surface area contributed by atoms with E-state index in [4.69, 9.17) is 4.74 Å². The zero-order chi connectivity index (χ0) is 10.6. The molecule has 3 nitrogen and oxygen atoms in total. The normalized spacial score (nSPS) is 10.1. The number of unbranched alkanes of at least 4 members (excludes halogenated alkanes) is 3. The molecule has 0 heterocycles. The van der Waals surface area contributed by atoms with Crippen molar-refractivity contribution in [1.29, 1.82) is 0 Å². The summed E-state index contributed by atoms with van der Waals surface area (Å²) in [5, 5.41) is 2.88. The molecule has 3 heteroatoms. The number of nitrogens with one attached hydrogen (secondary N) is 1. The van der Waals surface area contributed by atoms with E-state index in [9.17, 15) is 4.79 Å². The molecule has 0 radical (unpaired) electrons. The van der Waals surface area contributed by atoms with Gasteiger partial charge in [0.2, 0.25) is 5.91 Å². The Labute approximate surface area is 87.2 Å². The van der Waals surface area contributed by atoms with Crippen LogP contribution in [0.1, 0.15) is 45.4 Å². The Kier molecular flexibility index (Phi) is 10.1. The molecule has 0 aromatic heterocycles. The van der Waals surface area contributed by atoms with Crippen molar-refractivity contribution in [3.8, 4) is 0 Å². The highest BCUT2D eigenvalue weighted by molar-refractivity contribution is 5.75. The fraction of sp³-hybridized carbons (Fsp3) is 0.909. The van der Waals surface area contributed by atoms with Crippen molar-refractivity contribution < 1.29 is 9.53 Å². The van der Waals surface area contributed by atoms with E-state index in [1.54, 1.807) is 7.11 Å². The standard InChI is InChI=1S/C11H23NO2/c1-3-4-5-6-8-11(13)12-9-7-10-14-2/h3-10H2,1-2H3,(H,12,13). The highest BCUT2D eigenvalue weighted by Gasteiger charge is 1.99. The molecule has 0 fully saturated rings. The molecule has 0 atom stereocenters. The van der Waals surface area contributed by atoms with Crippen molar-refractivity contribution in [3.63, 3.8) is 0 Å². The summed E-state index contributed by atoms with van der Waals surface area (Å²) in [7, 11) is 1.67. The second kappa shape index (κ2) is 10.5. The number of amides is 1. The number of hydrogen-bond acceptors (Lipinski definition) is 2. The molecule has 0 unspecified atom stereocenters. The van der Waals surface area contributed by atoms with Crippen molar-refractivity contribution in [1.82, 2.24) is 5.32 Å². The lowest BCUT2D eigenvalue weighted by Gasteiger charge is -2.04. The molecule has 0 aliphatic carbocycles. The van der Waals surface area contributed by atoms with Crippen LogP contribution in [0.2, 0.25) is 0 Å². The van der Waals surface area contributed by atoms with Gasteiger partial charge in [0.15, 0.2) is 0 Å². The van der Waals surface area contributed by atoms with Crippen LogP contribution in [0.4, 0.5) is 0 Å². The van der Waals surface area contributed by atoms with Crippen molar-refractivity contribution in [2.45, 2.75) is 45.4 Å². The van der Waals surface area contributed by atoms with Crippen molar-refractivity contribution in [2.75, 3.05) is 20.3 Å². The monoisotopic (exact) mass is 201 g/mol. The van der Waals surface area contributed by atoms with Crippen molar-refractivity contribution >= 4 is 5.91 Å². The van der Waals surface area contributed by atoms with Gasteiger partial charge in [-0.3, -0.25) is 4.79 Å². The van der Waals surface area contributed by atoms with Gasteiger partial charge in [0.1, 0.15) is 0 Å². The minimum absolute atomic E-state index is 0.178. The molecule has 0 spiro atoms. The van der Waals surface area contributed by atoms with E-state index in [2.05, 4.69) is 12.2 Å². The molecular weight excluding hydrogens is 178 g/mol. The molecule has 0 bridgehead atoms. The van der Waals surface area contributed by atoms with Gasteiger partial charge < -0.3 is 10.1 Å². The van der Waals surface area contributed by atoms with E-state index < -0.39 is 0 Å². The number of carbonyl (C=O) groups is 1. The van der Waals surface area contributed by atoms with Crippen LogP contribution >= 0.6 is 0 Å². The highest BCUT2D eigenvalue weighted by Crippen LogP contribution is 2.01. The average Bonchev–Trinajstić information content (AvgIpc) is 2.19. The molecule has 0 aliphatic rings. The topological polar surface area (TPSA) is 38.3 Å². The number of methoxy groups -OCH3 is 1. The molecule has 0 aliphatic heterocycles. The van der Waals surface area contributed by atoms with Crippen LogP contribution in [-0.4, -0.2) is 26.2 Å². The second-order valence-electron chi connectivity index (χ2n) is 3.51. The molecule has 0 saturated heterocycles. The van der Waals surface area contributed by atoms with E-state index >= 15 is 0 Å². The highest BCUT2D eigenvalue weighted by atomic mass is 16.5. The van der Waals surface area contributed by atoms with Gasteiger partial charge in [0.05, 0.1) is 0 Å². The summed E-state index contributed by atoms with van der Waals surface area (Å²) in [6.45, 7) is 3.63. The van der Waals surface area contributed by atoms with Crippen LogP contribution in [0.5, 0.6) is 0 Å². The van der Waals surface area contributed by atoms with Crippen LogP contribution in [-0.2, 0) is 9.53 Å². The minimum Gasteiger partial charge on any atom is -0.385 e. The Balaban J connectivity index is 3.11. The van der Waals surface area contributed by atoms with Gasteiger partial charge in [-0.1, -0.05) is 26.2 Å². The first-order valence-corrected chi connectivity index (χ1v) is 5.57. The first kappa shape index (κ1) is 13.4. The Morgan fingerprint density at radius 1 is 1.21 bits per heavy atom. The van der Waals surface area contributed by atoms with Gasteiger partial charge in [-0.25, -0.2) is 0 Å². The quantitative estimate of drug-likeness (QED) is 0.580. The van der Waals surface area contributed by atoms with E-state index in [1.165, 1.54) is 19.3 Å². The van der Waals surface area contributed by atoms with Crippen LogP contribution in [0, 0.1) is 0 Å². The number of rotatable bonds is 9. The fourth-order valence-corrected chi connectivity index (χ4v) is 1.25. The van der Waals surface area contributed by atoms with E-state index in [0.717, 1.165) is 26.0 Å².